The average Bonchev–Trinajstić information content (AvgIpc) is 3.08. The molecule has 2 aromatic carbocycles. The van der Waals surface area contributed by atoms with E-state index in [0.717, 1.165) is 27.7 Å². The van der Waals surface area contributed by atoms with Crippen LogP contribution in [-0.4, -0.2) is 25.1 Å². The second-order valence-corrected chi connectivity index (χ2v) is 6.68. The second-order valence-electron chi connectivity index (χ2n) is 6.68. The molecule has 0 fully saturated rings. The molecule has 0 unspecified atom stereocenters. The summed E-state index contributed by atoms with van der Waals surface area (Å²) in [7, 11) is 1.55. The van der Waals surface area contributed by atoms with E-state index >= 15 is 0 Å². The van der Waals surface area contributed by atoms with Crippen LogP contribution in [0, 0.1) is 13.8 Å². The number of rotatable bonds is 6. The predicted octanol–water partition coefficient (Wildman–Crippen LogP) is 4.17. The quantitative estimate of drug-likeness (QED) is 0.649. The molecule has 1 amide bonds. The van der Waals surface area contributed by atoms with E-state index in [0.29, 0.717) is 11.4 Å². The lowest BCUT2D eigenvalue weighted by molar-refractivity contribution is -0.152. The smallest absolute Gasteiger partial charge is 0.311 e. The van der Waals surface area contributed by atoms with Crippen LogP contribution in [0.2, 0.25) is 0 Å². The number of furan rings is 1. The molecule has 0 aliphatic heterocycles. The van der Waals surface area contributed by atoms with Crippen LogP contribution in [0.3, 0.4) is 0 Å². The van der Waals surface area contributed by atoms with Crippen molar-refractivity contribution in [1.29, 1.82) is 0 Å². The van der Waals surface area contributed by atoms with Gasteiger partial charge in [0.15, 0.2) is 6.10 Å². The summed E-state index contributed by atoms with van der Waals surface area (Å²) in [5, 5.41) is 3.59. The fourth-order valence-electron chi connectivity index (χ4n) is 2.92. The van der Waals surface area contributed by atoms with Crippen LogP contribution in [0.25, 0.3) is 11.0 Å². The molecule has 0 spiro atoms. The summed E-state index contributed by atoms with van der Waals surface area (Å²) in [6.07, 6.45) is 0.673. The van der Waals surface area contributed by atoms with Crippen molar-refractivity contribution in [3.63, 3.8) is 0 Å². The summed E-state index contributed by atoms with van der Waals surface area (Å²) in [4.78, 5) is 24.6. The molecule has 6 heteroatoms. The van der Waals surface area contributed by atoms with Crippen molar-refractivity contribution in [2.24, 2.45) is 0 Å². The first kappa shape index (κ1) is 19.5. The Morgan fingerprint density at radius 2 is 1.96 bits per heavy atom. The lowest BCUT2D eigenvalue weighted by atomic mass is 10.0. The zero-order valence-corrected chi connectivity index (χ0v) is 16.4. The van der Waals surface area contributed by atoms with Crippen LogP contribution in [0.15, 0.2) is 47.1 Å². The van der Waals surface area contributed by atoms with E-state index in [2.05, 4.69) is 5.32 Å². The van der Waals surface area contributed by atoms with Gasteiger partial charge in [0.1, 0.15) is 11.3 Å². The first-order valence-electron chi connectivity index (χ1n) is 8.99. The van der Waals surface area contributed by atoms with Crippen LogP contribution in [0.4, 0.5) is 5.69 Å². The van der Waals surface area contributed by atoms with Gasteiger partial charge in [0.05, 0.1) is 19.8 Å². The van der Waals surface area contributed by atoms with Crippen LogP contribution >= 0.6 is 0 Å². The number of fused-ring (bicyclic) bond motifs is 1. The van der Waals surface area contributed by atoms with Gasteiger partial charge in [0.25, 0.3) is 5.91 Å². The van der Waals surface area contributed by atoms with E-state index in [1.54, 1.807) is 37.6 Å². The Labute approximate surface area is 163 Å². The van der Waals surface area contributed by atoms with Gasteiger partial charge in [0.2, 0.25) is 0 Å². The summed E-state index contributed by atoms with van der Waals surface area (Å²) >= 11 is 0. The number of ether oxygens (including phenoxy) is 2. The topological polar surface area (TPSA) is 77.8 Å². The minimum Gasteiger partial charge on any atom is -0.497 e. The van der Waals surface area contributed by atoms with Crippen LogP contribution < -0.4 is 10.1 Å². The number of aryl methyl sites for hydroxylation is 2. The summed E-state index contributed by atoms with van der Waals surface area (Å²) in [5.74, 6) is -0.279. The number of esters is 1. The molecule has 28 heavy (non-hydrogen) atoms. The number of methoxy groups -OCH3 is 1. The van der Waals surface area contributed by atoms with Crippen LogP contribution in [0.1, 0.15) is 23.6 Å². The van der Waals surface area contributed by atoms with Crippen molar-refractivity contribution in [1.82, 2.24) is 0 Å². The standard InChI is InChI=1S/C22H23NO5/c1-13-8-9-19-16(12-27-21(19)14(13)2)10-20(24)28-15(3)22(25)23-17-6-5-7-18(11-17)26-4/h5-9,11-12,15H,10H2,1-4H3,(H,23,25)/t15-/m0/s1. The molecule has 6 nitrogen and oxygen atoms in total. The van der Waals surface area contributed by atoms with Gasteiger partial charge in [-0.25, -0.2) is 0 Å². The van der Waals surface area contributed by atoms with Crippen molar-refractivity contribution in [3.8, 4) is 5.75 Å². The van der Waals surface area contributed by atoms with E-state index < -0.39 is 18.0 Å². The predicted molar refractivity (Wildman–Crippen MR) is 107 cm³/mol. The summed E-state index contributed by atoms with van der Waals surface area (Å²) in [5.41, 5.74) is 4.25. The van der Waals surface area contributed by atoms with Gasteiger partial charge < -0.3 is 19.2 Å². The normalized spacial score (nSPS) is 11.9. The minimum absolute atomic E-state index is 0.0340. The number of carbonyl (C=O) groups is 2. The Morgan fingerprint density at radius 3 is 2.71 bits per heavy atom. The van der Waals surface area contributed by atoms with Gasteiger partial charge in [-0.3, -0.25) is 9.59 Å². The van der Waals surface area contributed by atoms with Crippen LogP contribution in [-0.2, 0) is 20.7 Å². The lowest BCUT2D eigenvalue weighted by Crippen LogP contribution is -2.30. The Kier molecular flexibility index (Phi) is 5.68. The zero-order chi connectivity index (χ0) is 20.3. The maximum Gasteiger partial charge on any atom is 0.311 e. The number of anilines is 1. The molecule has 1 atom stereocenters. The van der Waals surface area contributed by atoms with Crippen LogP contribution in [0.5, 0.6) is 5.75 Å². The summed E-state index contributed by atoms with van der Waals surface area (Å²) in [6.45, 7) is 5.52. The van der Waals surface area contributed by atoms with E-state index in [4.69, 9.17) is 13.9 Å². The maximum atomic E-state index is 12.3. The molecule has 0 aliphatic rings. The van der Waals surface area contributed by atoms with Gasteiger partial charge in [-0.05, 0) is 44.0 Å². The highest BCUT2D eigenvalue weighted by Gasteiger charge is 2.20. The van der Waals surface area contributed by atoms with Crippen molar-refractivity contribution >= 4 is 28.5 Å². The number of carbonyl (C=O) groups excluding carboxylic acids is 2. The van der Waals surface area contributed by atoms with Gasteiger partial charge in [-0.1, -0.05) is 18.2 Å². The third-order valence-corrected chi connectivity index (χ3v) is 4.69. The van der Waals surface area contributed by atoms with E-state index in [1.165, 1.54) is 6.92 Å². The summed E-state index contributed by atoms with van der Waals surface area (Å²) in [6, 6.07) is 10.9. The zero-order valence-electron chi connectivity index (χ0n) is 16.4. The molecule has 0 saturated carbocycles. The molecule has 1 aromatic heterocycles. The van der Waals surface area contributed by atoms with Crippen molar-refractivity contribution in [2.75, 3.05) is 12.4 Å². The van der Waals surface area contributed by atoms with Crippen molar-refractivity contribution in [3.05, 3.63) is 59.4 Å². The van der Waals surface area contributed by atoms with Gasteiger partial charge in [-0.2, -0.15) is 0 Å². The van der Waals surface area contributed by atoms with E-state index in [9.17, 15) is 9.59 Å². The highest BCUT2D eigenvalue weighted by atomic mass is 16.5. The van der Waals surface area contributed by atoms with E-state index in [1.807, 2.05) is 26.0 Å². The second kappa shape index (κ2) is 8.17. The Bertz CT molecular complexity index is 1020. The van der Waals surface area contributed by atoms with E-state index in [-0.39, 0.29) is 6.42 Å². The Hall–Kier alpha value is -3.28. The molecule has 1 heterocycles. The van der Waals surface area contributed by atoms with Crippen molar-refractivity contribution in [2.45, 2.75) is 33.3 Å². The summed E-state index contributed by atoms with van der Waals surface area (Å²) < 4.78 is 16.0. The molecule has 1 N–H and O–H groups in total. The van der Waals surface area contributed by atoms with Gasteiger partial charge >= 0.3 is 5.97 Å². The largest absolute Gasteiger partial charge is 0.497 e. The molecule has 0 radical (unpaired) electrons. The number of hydrogen-bond donors (Lipinski definition) is 1. The lowest BCUT2D eigenvalue weighted by Gasteiger charge is -2.14. The molecular weight excluding hydrogens is 358 g/mol. The molecule has 3 rings (SSSR count). The van der Waals surface area contributed by atoms with Gasteiger partial charge in [-0.15, -0.1) is 0 Å². The molecule has 146 valence electrons. The fraction of sp³-hybridized carbons (Fsp3) is 0.273. The monoisotopic (exact) mass is 381 g/mol. The number of amides is 1. The maximum absolute atomic E-state index is 12.3. The third-order valence-electron chi connectivity index (χ3n) is 4.69. The SMILES string of the molecule is COc1cccc(NC(=O)[C@H](C)OC(=O)Cc2coc3c(C)c(C)ccc23)c1. The molecule has 0 bridgehead atoms. The molecule has 0 saturated heterocycles. The Morgan fingerprint density at radius 1 is 1.18 bits per heavy atom. The third kappa shape index (κ3) is 4.17. The molecule has 0 aliphatic carbocycles. The highest BCUT2D eigenvalue weighted by Crippen LogP contribution is 2.27. The first-order valence-corrected chi connectivity index (χ1v) is 8.99. The van der Waals surface area contributed by atoms with Crippen molar-refractivity contribution < 1.29 is 23.5 Å². The first-order chi connectivity index (χ1) is 13.4. The average molecular weight is 381 g/mol. The highest BCUT2D eigenvalue weighted by molar-refractivity contribution is 5.95. The Balaban J connectivity index is 1.62. The fourth-order valence-corrected chi connectivity index (χ4v) is 2.92. The number of benzene rings is 2. The molecule has 3 aromatic rings. The molecular formula is C22H23NO5. The number of nitrogens with one attached hydrogen (secondary N) is 1. The minimum atomic E-state index is -0.930. The number of hydrogen-bond acceptors (Lipinski definition) is 5. The van der Waals surface area contributed by atoms with Gasteiger partial charge in [0, 0.05) is 22.7 Å².